The number of anilines is 1. The van der Waals surface area contributed by atoms with Crippen molar-refractivity contribution in [3.63, 3.8) is 0 Å². The maximum Gasteiger partial charge on any atom is 0.130 e. The normalized spacial score (nSPS) is 10.7. The van der Waals surface area contributed by atoms with Crippen molar-refractivity contribution in [2.24, 2.45) is 0 Å². The zero-order valence-electron chi connectivity index (χ0n) is 15.8. The van der Waals surface area contributed by atoms with Gasteiger partial charge in [-0.2, -0.15) is 5.10 Å². The Balaban J connectivity index is 1.56. The summed E-state index contributed by atoms with van der Waals surface area (Å²) in [6.45, 7) is 3.37. The summed E-state index contributed by atoms with van der Waals surface area (Å²) in [6.07, 6.45) is 4.80. The first-order valence-corrected chi connectivity index (χ1v) is 9.50. The van der Waals surface area contributed by atoms with E-state index in [4.69, 9.17) is 15.2 Å². The van der Waals surface area contributed by atoms with Crippen LogP contribution in [0.25, 0.3) is 11.3 Å². The van der Waals surface area contributed by atoms with Crippen molar-refractivity contribution in [2.45, 2.75) is 39.2 Å². The Morgan fingerprint density at radius 1 is 0.926 bits per heavy atom. The van der Waals surface area contributed by atoms with E-state index in [1.807, 2.05) is 48.5 Å². The molecule has 0 bridgehead atoms. The Bertz CT molecular complexity index is 845. The van der Waals surface area contributed by atoms with Gasteiger partial charge in [0.15, 0.2) is 0 Å². The number of nitrogens with one attached hydrogen (secondary N) is 1. The predicted octanol–water partition coefficient (Wildman–Crippen LogP) is 5.20. The molecule has 0 radical (unpaired) electrons. The van der Waals surface area contributed by atoms with E-state index in [1.54, 1.807) is 6.07 Å². The molecule has 0 saturated heterocycles. The number of hydrogen-bond acceptors (Lipinski definition) is 4. The molecule has 2 aromatic carbocycles. The number of nitrogen functional groups attached to an aromatic ring is 1. The minimum absolute atomic E-state index is 0.407. The molecule has 0 aliphatic rings. The quantitative estimate of drug-likeness (QED) is 0.383. The van der Waals surface area contributed by atoms with Crippen molar-refractivity contribution in [2.75, 3.05) is 12.3 Å². The van der Waals surface area contributed by atoms with Gasteiger partial charge in [-0.05, 0) is 36.8 Å². The lowest BCUT2D eigenvalue weighted by molar-refractivity contribution is 0.301. The molecule has 27 heavy (non-hydrogen) atoms. The maximum absolute atomic E-state index is 5.86. The number of ether oxygens (including phenoxy) is 2. The summed E-state index contributed by atoms with van der Waals surface area (Å²) < 4.78 is 11.6. The Morgan fingerprint density at radius 3 is 2.56 bits per heavy atom. The van der Waals surface area contributed by atoms with Crippen LogP contribution in [0.4, 0.5) is 5.69 Å². The average Bonchev–Trinajstić information content (AvgIpc) is 3.16. The first-order chi connectivity index (χ1) is 13.2. The van der Waals surface area contributed by atoms with Crippen LogP contribution in [0.2, 0.25) is 0 Å². The molecule has 3 rings (SSSR count). The number of H-pyrrole nitrogens is 1. The molecule has 5 nitrogen and oxygen atoms in total. The van der Waals surface area contributed by atoms with E-state index in [9.17, 15) is 0 Å². The lowest BCUT2D eigenvalue weighted by Crippen LogP contribution is -1.97. The first-order valence-electron chi connectivity index (χ1n) is 9.50. The zero-order chi connectivity index (χ0) is 18.9. The summed E-state index contributed by atoms with van der Waals surface area (Å²) in [5.41, 5.74) is 9.25. The Hall–Kier alpha value is -2.95. The van der Waals surface area contributed by atoms with Gasteiger partial charge in [0, 0.05) is 17.3 Å². The fraction of sp³-hybridized carbons (Fsp3) is 0.318. The van der Waals surface area contributed by atoms with Crippen molar-refractivity contribution in [1.29, 1.82) is 0 Å². The van der Waals surface area contributed by atoms with E-state index < -0.39 is 0 Å². The lowest BCUT2D eigenvalue weighted by Gasteiger charge is -2.07. The lowest BCUT2D eigenvalue weighted by atomic mass is 10.1. The molecular weight excluding hydrogens is 338 g/mol. The molecule has 0 unspecified atom stereocenters. The summed E-state index contributed by atoms with van der Waals surface area (Å²) in [4.78, 5) is 0. The summed E-state index contributed by atoms with van der Waals surface area (Å²) in [6, 6.07) is 17.4. The minimum Gasteiger partial charge on any atom is -0.494 e. The second-order valence-electron chi connectivity index (χ2n) is 6.58. The number of nitrogens with zero attached hydrogens (tertiary/aromatic N) is 1. The van der Waals surface area contributed by atoms with Gasteiger partial charge >= 0.3 is 0 Å². The Kier molecular flexibility index (Phi) is 6.74. The van der Waals surface area contributed by atoms with E-state index in [-0.39, 0.29) is 0 Å². The van der Waals surface area contributed by atoms with Crippen LogP contribution in [0.15, 0.2) is 54.6 Å². The molecule has 0 spiro atoms. The number of aromatic nitrogens is 2. The molecular formula is C22H27N3O2. The van der Waals surface area contributed by atoms with Crippen LogP contribution < -0.4 is 15.2 Å². The van der Waals surface area contributed by atoms with Crippen LogP contribution in [-0.4, -0.2) is 16.8 Å². The fourth-order valence-corrected chi connectivity index (χ4v) is 2.81. The third-order valence-corrected chi connectivity index (χ3v) is 4.28. The smallest absolute Gasteiger partial charge is 0.130 e. The largest absolute Gasteiger partial charge is 0.494 e. The van der Waals surface area contributed by atoms with E-state index in [0.29, 0.717) is 12.3 Å². The van der Waals surface area contributed by atoms with Crippen molar-refractivity contribution in [1.82, 2.24) is 10.2 Å². The van der Waals surface area contributed by atoms with Gasteiger partial charge in [-0.15, -0.1) is 0 Å². The molecule has 3 N–H and O–H groups in total. The molecule has 0 atom stereocenters. The minimum atomic E-state index is 0.407. The molecule has 5 heteroatoms. The van der Waals surface area contributed by atoms with Gasteiger partial charge in [0.1, 0.15) is 18.1 Å². The average molecular weight is 365 g/mol. The molecule has 142 valence electrons. The van der Waals surface area contributed by atoms with Gasteiger partial charge in [0.05, 0.1) is 18.0 Å². The van der Waals surface area contributed by atoms with E-state index >= 15 is 0 Å². The van der Waals surface area contributed by atoms with Gasteiger partial charge in [-0.1, -0.05) is 44.4 Å². The Morgan fingerprint density at radius 2 is 1.74 bits per heavy atom. The SMILES string of the molecule is CCCCCCOc1cccc(-c2cc(COc3cccc(N)c3)[nH]n2)c1. The highest BCUT2D eigenvalue weighted by atomic mass is 16.5. The highest BCUT2D eigenvalue weighted by Gasteiger charge is 2.06. The number of rotatable bonds is 10. The molecule has 0 aliphatic carbocycles. The summed E-state index contributed by atoms with van der Waals surface area (Å²) in [5, 5.41) is 7.42. The molecule has 1 heterocycles. The molecule has 0 fully saturated rings. The van der Waals surface area contributed by atoms with Crippen molar-refractivity contribution in [3.8, 4) is 22.8 Å². The van der Waals surface area contributed by atoms with E-state index in [0.717, 1.165) is 41.5 Å². The maximum atomic E-state index is 5.86. The highest BCUT2D eigenvalue weighted by molar-refractivity contribution is 5.61. The second kappa shape index (κ2) is 9.67. The van der Waals surface area contributed by atoms with Crippen LogP contribution in [0.3, 0.4) is 0 Å². The van der Waals surface area contributed by atoms with Crippen molar-refractivity contribution < 1.29 is 9.47 Å². The van der Waals surface area contributed by atoms with Gasteiger partial charge in [-0.25, -0.2) is 0 Å². The second-order valence-corrected chi connectivity index (χ2v) is 6.58. The molecule has 0 saturated carbocycles. The molecule has 0 aliphatic heterocycles. The summed E-state index contributed by atoms with van der Waals surface area (Å²) in [5.74, 6) is 1.62. The number of hydrogen-bond donors (Lipinski definition) is 2. The molecule has 1 aromatic heterocycles. The van der Waals surface area contributed by atoms with Gasteiger partial charge < -0.3 is 15.2 Å². The van der Waals surface area contributed by atoms with Crippen LogP contribution in [0.1, 0.15) is 38.3 Å². The zero-order valence-corrected chi connectivity index (χ0v) is 15.8. The number of aromatic amines is 1. The van der Waals surface area contributed by atoms with Gasteiger partial charge in [0.2, 0.25) is 0 Å². The molecule has 3 aromatic rings. The van der Waals surface area contributed by atoms with Gasteiger partial charge in [0.25, 0.3) is 0 Å². The van der Waals surface area contributed by atoms with E-state index in [2.05, 4.69) is 17.1 Å². The first kappa shape index (κ1) is 18.8. The molecule has 0 amide bonds. The van der Waals surface area contributed by atoms with Crippen LogP contribution in [0.5, 0.6) is 11.5 Å². The Labute approximate surface area is 160 Å². The summed E-state index contributed by atoms with van der Waals surface area (Å²) in [7, 11) is 0. The summed E-state index contributed by atoms with van der Waals surface area (Å²) >= 11 is 0. The van der Waals surface area contributed by atoms with Crippen LogP contribution in [0, 0.1) is 0 Å². The predicted molar refractivity (Wildman–Crippen MR) is 109 cm³/mol. The van der Waals surface area contributed by atoms with Crippen molar-refractivity contribution >= 4 is 5.69 Å². The van der Waals surface area contributed by atoms with Crippen molar-refractivity contribution in [3.05, 3.63) is 60.3 Å². The van der Waals surface area contributed by atoms with E-state index in [1.165, 1.54) is 19.3 Å². The number of nitrogens with two attached hydrogens (primary N) is 1. The van der Waals surface area contributed by atoms with Crippen LogP contribution in [-0.2, 0) is 6.61 Å². The monoisotopic (exact) mass is 365 g/mol. The van der Waals surface area contributed by atoms with Gasteiger partial charge in [-0.3, -0.25) is 5.10 Å². The fourth-order valence-electron chi connectivity index (χ4n) is 2.81. The third kappa shape index (κ3) is 5.78. The highest BCUT2D eigenvalue weighted by Crippen LogP contribution is 2.24. The third-order valence-electron chi connectivity index (χ3n) is 4.28. The number of benzene rings is 2. The topological polar surface area (TPSA) is 73.2 Å². The number of unbranched alkanes of at least 4 members (excludes halogenated alkanes) is 3. The standard InChI is InChI=1S/C22H27N3O2/c1-2-3-4-5-12-26-20-10-6-8-17(13-20)22-15-19(24-25-22)16-27-21-11-7-9-18(23)14-21/h6-11,13-15H,2-5,12,16,23H2,1H3,(H,24,25). The van der Waals surface area contributed by atoms with Crippen LogP contribution >= 0.6 is 0 Å².